The lowest BCUT2D eigenvalue weighted by atomic mass is 10.2. The molecule has 40 heavy (non-hydrogen) atoms. The third-order valence-electron chi connectivity index (χ3n) is 6.25. The monoisotopic (exact) mass is 553 g/mol. The van der Waals surface area contributed by atoms with Crippen molar-refractivity contribution < 1.29 is 14.3 Å². The van der Waals surface area contributed by atoms with Gasteiger partial charge in [-0.2, -0.15) is 0 Å². The molecule has 0 aliphatic rings. The van der Waals surface area contributed by atoms with Crippen LogP contribution in [-0.4, -0.2) is 40.5 Å². The number of aromatic amines is 1. The molecule has 0 atom stereocenters. The topological polar surface area (TPSA) is 116 Å². The number of benzene rings is 3. The number of rotatable bonds is 9. The van der Waals surface area contributed by atoms with E-state index in [-0.39, 0.29) is 17.5 Å². The number of thiophene rings is 1. The minimum absolute atomic E-state index is 0.204. The first-order chi connectivity index (χ1) is 19.5. The van der Waals surface area contributed by atoms with Gasteiger partial charge in [0.1, 0.15) is 11.6 Å². The van der Waals surface area contributed by atoms with Crippen molar-refractivity contribution in [3.05, 3.63) is 117 Å². The highest BCUT2D eigenvalue weighted by Crippen LogP contribution is 2.24. The van der Waals surface area contributed by atoms with E-state index in [0.717, 1.165) is 4.88 Å². The van der Waals surface area contributed by atoms with Gasteiger partial charge in [0.05, 0.1) is 30.2 Å². The van der Waals surface area contributed by atoms with Gasteiger partial charge in [0.15, 0.2) is 0 Å². The highest BCUT2D eigenvalue weighted by atomic mass is 32.1. The summed E-state index contributed by atoms with van der Waals surface area (Å²) in [6.45, 7) is 0.741. The molecule has 202 valence electrons. The summed E-state index contributed by atoms with van der Waals surface area (Å²) < 4.78 is 5.29. The van der Waals surface area contributed by atoms with E-state index in [1.165, 1.54) is 0 Å². The first-order valence-electron chi connectivity index (χ1n) is 12.6. The summed E-state index contributed by atoms with van der Waals surface area (Å²) in [5.41, 5.74) is 1.96. The summed E-state index contributed by atoms with van der Waals surface area (Å²) in [5.74, 6) is 0.783. The minimum Gasteiger partial charge on any atom is -0.495 e. The maximum Gasteiger partial charge on any atom is 0.322 e. The number of ether oxygens (including phenoxy) is 1. The van der Waals surface area contributed by atoms with Gasteiger partial charge in [0.2, 0.25) is 0 Å². The number of hydrogen-bond acceptors (Lipinski definition) is 6. The number of carbonyl (C=O) groups is 2. The molecular formula is C30H27N5O4S. The van der Waals surface area contributed by atoms with Crippen molar-refractivity contribution in [1.29, 1.82) is 0 Å². The number of anilines is 2. The maximum absolute atomic E-state index is 13.3. The Hall–Kier alpha value is -4.96. The molecule has 0 aliphatic carbocycles. The molecule has 0 saturated heterocycles. The molecule has 3 aromatic carbocycles. The number of nitrogens with one attached hydrogen (secondary N) is 3. The Morgan fingerprint density at radius 2 is 1.73 bits per heavy atom. The molecule has 10 heteroatoms. The fraction of sp³-hybridized carbons (Fsp3) is 0.133. The fourth-order valence-corrected chi connectivity index (χ4v) is 4.91. The molecule has 2 aromatic heterocycles. The number of methoxy groups -OCH3 is 1. The van der Waals surface area contributed by atoms with Gasteiger partial charge < -0.3 is 25.3 Å². The van der Waals surface area contributed by atoms with Crippen molar-refractivity contribution >= 4 is 45.6 Å². The molecule has 0 fully saturated rings. The summed E-state index contributed by atoms with van der Waals surface area (Å²) in [6, 6.07) is 24.6. The Labute approximate surface area is 234 Å². The molecule has 0 radical (unpaired) electrons. The van der Waals surface area contributed by atoms with Crippen LogP contribution in [-0.2, 0) is 13.0 Å². The van der Waals surface area contributed by atoms with Crippen molar-refractivity contribution in [2.24, 2.45) is 0 Å². The number of fused-ring (bicyclic) bond motifs is 1. The van der Waals surface area contributed by atoms with Crippen LogP contribution in [0.2, 0.25) is 0 Å². The number of para-hydroxylation sites is 3. The standard InChI is InChI=1S/C30H27N5O4S/c1-39-26-11-5-4-10-25(26)33-28(36)20-12-14-21(15-13-20)31-30(38)35(19-22-7-6-18-40-22)17-16-27-32-24-9-3-2-8-23(24)29(37)34-27/h2-15,18H,16-17,19H2,1H3,(H,31,38)(H,33,36)(H,32,34,37). The van der Waals surface area contributed by atoms with Crippen LogP contribution in [0.5, 0.6) is 5.75 Å². The van der Waals surface area contributed by atoms with E-state index < -0.39 is 0 Å². The Bertz CT molecular complexity index is 1680. The van der Waals surface area contributed by atoms with Crippen molar-refractivity contribution in [2.45, 2.75) is 13.0 Å². The lowest BCUT2D eigenvalue weighted by molar-refractivity contribution is 0.102. The van der Waals surface area contributed by atoms with E-state index in [0.29, 0.717) is 58.9 Å². The van der Waals surface area contributed by atoms with Gasteiger partial charge >= 0.3 is 6.03 Å². The fourth-order valence-electron chi connectivity index (χ4n) is 4.19. The molecule has 0 saturated carbocycles. The molecular weight excluding hydrogens is 526 g/mol. The van der Waals surface area contributed by atoms with E-state index in [4.69, 9.17) is 4.74 Å². The van der Waals surface area contributed by atoms with Crippen molar-refractivity contribution in [1.82, 2.24) is 14.9 Å². The van der Waals surface area contributed by atoms with Gasteiger partial charge in [0, 0.05) is 29.1 Å². The lowest BCUT2D eigenvalue weighted by Gasteiger charge is -2.22. The quantitative estimate of drug-likeness (QED) is 0.222. The van der Waals surface area contributed by atoms with Crippen molar-refractivity contribution in [3.63, 3.8) is 0 Å². The highest BCUT2D eigenvalue weighted by Gasteiger charge is 2.17. The molecule has 3 N–H and O–H groups in total. The van der Waals surface area contributed by atoms with E-state index in [1.807, 2.05) is 35.7 Å². The first-order valence-corrected chi connectivity index (χ1v) is 13.5. The molecule has 2 heterocycles. The number of amides is 3. The Balaban J connectivity index is 1.26. The van der Waals surface area contributed by atoms with E-state index >= 15 is 0 Å². The zero-order valence-corrected chi connectivity index (χ0v) is 22.5. The zero-order chi connectivity index (χ0) is 27.9. The predicted molar refractivity (Wildman–Crippen MR) is 157 cm³/mol. The molecule has 0 unspecified atom stereocenters. The SMILES string of the molecule is COc1ccccc1NC(=O)c1ccc(NC(=O)N(CCc2nc3ccccc3c(=O)[nH]2)Cc2cccs2)cc1. The van der Waals surface area contributed by atoms with E-state index in [1.54, 1.807) is 77.9 Å². The van der Waals surface area contributed by atoms with Gasteiger partial charge in [-0.3, -0.25) is 9.59 Å². The van der Waals surface area contributed by atoms with E-state index in [2.05, 4.69) is 20.6 Å². The Kier molecular flexibility index (Phi) is 8.17. The second-order valence-corrected chi connectivity index (χ2v) is 9.97. The second kappa shape index (κ2) is 12.3. The first kappa shape index (κ1) is 26.6. The van der Waals surface area contributed by atoms with E-state index in [9.17, 15) is 14.4 Å². The largest absolute Gasteiger partial charge is 0.495 e. The molecule has 5 aromatic rings. The number of aromatic nitrogens is 2. The van der Waals surface area contributed by atoms with Crippen molar-refractivity contribution in [3.8, 4) is 5.75 Å². The molecule has 5 rings (SSSR count). The molecule has 9 nitrogen and oxygen atoms in total. The summed E-state index contributed by atoms with van der Waals surface area (Å²) in [5, 5.41) is 8.24. The molecule has 0 bridgehead atoms. The number of H-pyrrole nitrogens is 1. The second-order valence-electron chi connectivity index (χ2n) is 8.94. The summed E-state index contributed by atoms with van der Waals surface area (Å²) >= 11 is 1.56. The maximum atomic E-state index is 13.3. The van der Waals surface area contributed by atoms with Gasteiger partial charge in [0.25, 0.3) is 11.5 Å². The van der Waals surface area contributed by atoms with Gasteiger partial charge in [-0.1, -0.05) is 30.3 Å². The van der Waals surface area contributed by atoms with Crippen LogP contribution in [0.25, 0.3) is 10.9 Å². The zero-order valence-electron chi connectivity index (χ0n) is 21.7. The summed E-state index contributed by atoms with van der Waals surface area (Å²) in [6.07, 6.45) is 0.376. The normalized spacial score (nSPS) is 10.7. The summed E-state index contributed by atoms with van der Waals surface area (Å²) in [7, 11) is 1.54. The highest BCUT2D eigenvalue weighted by molar-refractivity contribution is 7.09. The Morgan fingerprint density at radius 3 is 2.50 bits per heavy atom. The average Bonchev–Trinajstić information content (AvgIpc) is 3.49. The van der Waals surface area contributed by atoms with Crippen LogP contribution in [0.3, 0.4) is 0 Å². The van der Waals surface area contributed by atoms with Crippen LogP contribution in [0.1, 0.15) is 21.1 Å². The smallest absolute Gasteiger partial charge is 0.322 e. The van der Waals surface area contributed by atoms with Crippen molar-refractivity contribution in [2.75, 3.05) is 24.3 Å². The third-order valence-corrected chi connectivity index (χ3v) is 7.11. The van der Waals surface area contributed by atoms with Gasteiger partial charge in [-0.05, 0) is 60.0 Å². The van der Waals surface area contributed by atoms with Gasteiger partial charge in [-0.15, -0.1) is 11.3 Å². The van der Waals surface area contributed by atoms with Crippen LogP contribution >= 0.6 is 11.3 Å². The number of hydrogen-bond donors (Lipinski definition) is 3. The third kappa shape index (κ3) is 6.36. The molecule has 0 aliphatic heterocycles. The van der Waals surface area contributed by atoms with Crippen LogP contribution in [0, 0.1) is 0 Å². The van der Waals surface area contributed by atoms with Crippen LogP contribution in [0.15, 0.2) is 95.1 Å². The number of carbonyl (C=O) groups excluding carboxylic acids is 2. The average molecular weight is 554 g/mol. The van der Waals surface area contributed by atoms with Crippen LogP contribution < -0.4 is 20.9 Å². The van der Waals surface area contributed by atoms with Gasteiger partial charge in [-0.25, -0.2) is 9.78 Å². The predicted octanol–water partition coefficient (Wildman–Crippen LogP) is 5.52. The summed E-state index contributed by atoms with van der Waals surface area (Å²) in [4.78, 5) is 48.6. The number of urea groups is 1. The Morgan fingerprint density at radius 1 is 0.950 bits per heavy atom. The minimum atomic E-state index is -0.303. The van der Waals surface area contributed by atoms with Crippen LogP contribution in [0.4, 0.5) is 16.2 Å². The number of nitrogens with zero attached hydrogens (tertiary/aromatic N) is 2. The lowest BCUT2D eigenvalue weighted by Crippen LogP contribution is -2.36. The molecule has 0 spiro atoms. The molecule has 3 amide bonds.